The highest BCUT2D eigenvalue weighted by Gasteiger charge is 2.19. The monoisotopic (exact) mass is 277 g/mol. The fourth-order valence-electron chi connectivity index (χ4n) is 2.06. The fraction of sp³-hybridized carbons (Fsp3) is 0.667. The summed E-state index contributed by atoms with van der Waals surface area (Å²) in [5, 5.41) is 3.48. The Balaban J connectivity index is 2.62. The molecule has 0 radical (unpaired) electrons. The molecule has 0 amide bonds. The summed E-state index contributed by atoms with van der Waals surface area (Å²) in [6, 6.07) is 6.54. The van der Waals surface area contributed by atoms with Crippen molar-refractivity contribution in [2.24, 2.45) is 5.41 Å². The van der Waals surface area contributed by atoms with E-state index >= 15 is 0 Å². The molecule has 0 unspecified atom stereocenters. The molecule has 1 rings (SSSR count). The molecule has 1 N–H and O–H groups in total. The lowest BCUT2D eigenvalue weighted by atomic mass is 9.94. The van der Waals surface area contributed by atoms with E-state index in [1.165, 1.54) is 17.5 Å². The van der Waals surface area contributed by atoms with Crippen molar-refractivity contribution < 1.29 is 4.74 Å². The highest BCUT2D eigenvalue weighted by molar-refractivity contribution is 5.37. The van der Waals surface area contributed by atoms with Crippen LogP contribution in [0.3, 0.4) is 0 Å². The van der Waals surface area contributed by atoms with Crippen molar-refractivity contribution in [1.82, 2.24) is 5.32 Å². The molecule has 114 valence electrons. The normalized spacial score (nSPS) is 11.9. The van der Waals surface area contributed by atoms with Crippen LogP contribution in [0, 0.1) is 12.3 Å². The molecule has 0 heterocycles. The average Bonchev–Trinajstić information content (AvgIpc) is 2.37. The smallest absolute Gasteiger partial charge is 0.122 e. The Morgan fingerprint density at radius 2 is 1.95 bits per heavy atom. The van der Waals surface area contributed by atoms with Crippen LogP contribution in [0.15, 0.2) is 18.2 Å². The standard InChI is InChI=1S/C18H31NO/c1-7-10-19-12-18(5,6)13-20-17-11-16(14(2)3)9-8-15(17)4/h8-9,11,14,19H,7,10,12-13H2,1-6H3. The average molecular weight is 277 g/mol. The second-order valence-corrected chi connectivity index (χ2v) is 6.81. The van der Waals surface area contributed by atoms with Crippen LogP contribution < -0.4 is 10.1 Å². The van der Waals surface area contributed by atoms with Crippen molar-refractivity contribution in [1.29, 1.82) is 0 Å². The quantitative estimate of drug-likeness (QED) is 0.705. The van der Waals surface area contributed by atoms with Crippen molar-refractivity contribution in [2.45, 2.75) is 53.9 Å². The Bertz CT molecular complexity index is 410. The maximum absolute atomic E-state index is 6.08. The summed E-state index contributed by atoms with van der Waals surface area (Å²) >= 11 is 0. The van der Waals surface area contributed by atoms with E-state index in [2.05, 4.69) is 65.1 Å². The number of benzene rings is 1. The Morgan fingerprint density at radius 1 is 1.25 bits per heavy atom. The zero-order chi connectivity index (χ0) is 15.2. The molecule has 0 saturated carbocycles. The number of aryl methyl sites for hydroxylation is 1. The van der Waals surface area contributed by atoms with Gasteiger partial charge in [0, 0.05) is 12.0 Å². The zero-order valence-electron chi connectivity index (χ0n) is 14.0. The maximum Gasteiger partial charge on any atom is 0.122 e. The van der Waals surface area contributed by atoms with Crippen LogP contribution in [0.1, 0.15) is 58.1 Å². The first-order valence-corrected chi connectivity index (χ1v) is 7.80. The predicted molar refractivity (Wildman–Crippen MR) is 87.7 cm³/mol. The summed E-state index contributed by atoms with van der Waals surface area (Å²) in [5.74, 6) is 1.57. The molecule has 20 heavy (non-hydrogen) atoms. The zero-order valence-corrected chi connectivity index (χ0v) is 14.0. The lowest BCUT2D eigenvalue weighted by Crippen LogP contribution is -2.34. The Labute approximate surface area is 124 Å². The summed E-state index contributed by atoms with van der Waals surface area (Å²) in [5.41, 5.74) is 2.70. The molecule has 0 atom stereocenters. The lowest BCUT2D eigenvalue weighted by molar-refractivity contribution is 0.175. The van der Waals surface area contributed by atoms with Crippen LogP contribution in [-0.4, -0.2) is 19.7 Å². The number of ether oxygens (including phenoxy) is 1. The molecule has 0 aliphatic heterocycles. The number of hydrogen-bond acceptors (Lipinski definition) is 2. The Hall–Kier alpha value is -1.02. The van der Waals surface area contributed by atoms with Gasteiger partial charge in [-0.15, -0.1) is 0 Å². The number of rotatable bonds is 8. The van der Waals surface area contributed by atoms with Gasteiger partial charge in [0.2, 0.25) is 0 Å². The van der Waals surface area contributed by atoms with Crippen LogP contribution in [0.4, 0.5) is 0 Å². The topological polar surface area (TPSA) is 21.3 Å². The third-order valence-corrected chi connectivity index (χ3v) is 3.53. The van der Waals surface area contributed by atoms with E-state index in [0.29, 0.717) is 5.92 Å². The van der Waals surface area contributed by atoms with Gasteiger partial charge in [0.15, 0.2) is 0 Å². The summed E-state index contributed by atoms with van der Waals surface area (Å²) in [6.45, 7) is 16.0. The molecule has 0 aliphatic carbocycles. The molecule has 0 aliphatic rings. The van der Waals surface area contributed by atoms with Crippen LogP contribution in [0.2, 0.25) is 0 Å². The van der Waals surface area contributed by atoms with Crippen LogP contribution in [0.25, 0.3) is 0 Å². The molecule has 2 heteroatoms. The lowest BCUT2D eigenvalue weighted by Gasteiger charge is -2.26. The van der Waals surface area contributed by atoms with Crippen molar-refractivity contribution in [3.8, 4) is 5.75 Å². The van der Waals surface area contributed by atoms with E-state index in [4.69, 9.17) is 4.74 Å². The van der Waals surface area contributed by atoms with E-state index in [1.807, 2.05) is 0 Å². The van der Waals surface area contributed by atoms with Crippen molar-refractivity contribution in [2.75, 3.05) is 19.7 Å². The van der Waals surface area contributed by atoms with Crippen LogP contribution in [0.5, 0.6) is 5.75 Å². The van der Waals surface area contributed by atoms with Gasteiger partial charge in [-0.05, 0) is 43.0 Å². The molecule has 1 aromatic rings. The minimum atomic E-state index is 0.148. The molecule has 2 nitrogen and oxygen atoms in total. The minimum absolute atomic E-state index is 0.148. The number of hydrogen-bond donors (Lipinski definition) is 1. The molecule has 0 aromatic heterocycles. The predicted octanol–water partition coefficient (Wildman–Crippen LogP) is 4.52. The van der Waals surface area contributed by atoms with Crippen molar-refractivity contribution >= 4 is 0 Å². The van der Waals surface area contributed by atoms with Crippen LogP contribution >= 0.6 is 0 Å². The summed E-state index contributed by atoms with van der Waals surface area (Å²) in [4.78, 5) is 0. The van der Waals surface area contributed by atoms with Gasteiger partial charge in [-0.2, -0.15) is 0 Å². The third-order valence-electron chi connectivity index (χ3n) is 3.53. The van der Waals surface area contributed by atoms with Crippen molar-refractivity contribution in [3.05, 3.63) is 29.3 Å². The minimum Gasteiger partial charge on any atom is -0.493 e. The summed E-state index contributed by atoms with van der Waals surface area (Å²) in [7, 11) is 0. The fourth-order valence-corrected chi connectivity index (χ4v) is 2.06. The van der Waals surface area contributed by atoms with Gasteiger partial charge in [0.25, 0.3) is 0 Å². The second kappa shape index (κ2) is 7.68. The maximum atomic E-state index is 6.08. The molecular formula is C18H31NO. The van der Waals surface area contributed by atoms with E-state index in [0.717, 1.165) is 25.4 Å². The van der Waals surface area contributed by atoms with Gasteiger partial charge >= 0.3 is 0 Å². The van der Waals surface area contributed by atoms with E-state index in [9.17, 15) is 0 Å². The van der Waals surface area contributed by atoms with Gasteiger partial charge < -0.3 is 10.1 Å². The molecule has 0 spiro atoms. The summed E-state index contributed by atoms with van der Waals surface area (Å²) in [6.07, 6.45) is 1.17. The first-order valence-electron chi connectivity index (χ1n) is 7.80. The third kappa shape index (κ3) is 5.54. The van der Waals surface area contributed by atoms with E-state index in [1.54, 1.807) is 0 Å². The van der Waals surface area contributed by atoms with Gasteiger partial charge in [-0.1, -0.05) is 46.8 Å². The van der Waals surface area contributed by atoms with Gasteiger partial charge in [-0.3, -0.25) is 0 Å². The van der Waals surface area contributed by atoms with Gasteiger partial charge in [-0.25, -0.2) is 0 Å². The van der Waals surface area contributed by atoms with Crippen molar-refractivity contribution in [3.63, 3.8) is 0 Å². The van der Waals surface area contributed by atoms with Crippen LogP contribution in [-0.2, 0) is 0 Å². The van der Waals surface area contributed by atoms with E-state index in [-0.39, 0.29) is 5.41 Å². The van der Waals surface area contributed by atoms with Gasteiger partial charge in [0.1, 0.15) is 5.75 Å². The highest BCUT2D eigenvalue weighted by Crippen LogP contribution is 2.26. The molecule has 1 aromatic carbocycles. The second-order valence-electron chi connectivity index (χ2n) is 6.81. The first-order chi connectivity index (χ1) is 9.35. The Kier molecular flexibility index (Phi) is 6.54. The molecule has 0 fully saturated rings. The van der Waals surface area contributed by atoms with E-state index < -0.39 is 0 Å². The first kappa shape index (κ1) is 17.0. The molecular weight excluding hydrogens is 246 g/mol. The SMILES string of the molecule is CCCNCC(C)(C)COc1cc(C(C)C)ccc1C. The van der Waals surface area contributed by atoms with Gasteiger partial charge in [0.05, 0.1) is 6.61 Å². The molecule has 0 saturated heterocycles. The largest absolute Gasteiger partial charge is 0.493 e. The summed E-state index contributed by atoms with van der Waals surface area (Å²) < 4.78 is 6.08. The number of nitrogens with one attached hydrogen (secondary N) is 1. The highest BCUT2D eigenvalue weighted by atomic mass is 16.5. The Morgan fingerprint density at radius 3 is 2.55 bits per heavy atom. The molecule has 0 bridgehead atoms.